The number of benzene rings is 1. The molecule has 102 valence electrons. The Morgan fingerprint density at radius 2 is 2.05 bits per heavy atom. The van der Waals surface area contributed by atoms with Crippen LogP contribution in [0.5, 0.6) is 5.75 Å². The second-order valence-corrected chi connectivity index (χ2v) is 4.57. The van der Waals surface area contributed by atoms with Gasteiger partial charge in [0, 0.05) is 18.1 Å². The summed E-state index contributed by atoms with van der Waals surface area (Å²) in [6, 6.07) is 7.72. The number of aromatic nitrogens is 3. The predicted octanol–water partition coefficient (Wildman–Crippen LogP) is 2.40. The molecule has 0 saturated carbocycles. The maximum atomic E-state index is 5.73. The smallest absolute Gasteiger partial charge is 0.165 e. The molecule has 2 aromatic heterocycles. The molecule has 2 heterocycles. The van der Waals surface area contributed by atoms with Crippen LogP contribution in [0.1, 0.15) is 11.3 Å². The number of ether oxygens (including phenoxy) is 1. The van der Waals surface area contributed by atoms with Crippen molar-refractivity contribution in [3.05, 3.63) is 41.7 Å². The highest BCUT2D eigenvalue weighted by atomic mass is 16.5. The zero-order valence-electron chi connectivity index (χ0n) is 11.5. The van der Waals surface area contributed by atoms with Crippen LogP contribution < -0.4 is 10.5 Å². The minimum Gasteiger partial charge on any atom is -0.496 e. The van der Waals surface area contributed by atoms with Gasteiger partial charge in [0.05, 0.1) is 18.4 Å². The first-order valence-electron chi connectivity index (χ1n) is 6.42. The molecule has 0 radical (unpaired) electrons. The van der Waals surface area contributed by atoms with Crippen LogP contribution in [-0.2, 0) is 6.54 Å². The number of para-hydroxylation sites is 1. The number of H-pyrrole nitrogens is 1. The van der Waals surface area contributed by atoms with Crippen molar-refractivity contribution >= 4 is 11.0 Å². The molecule has 5 heteroatoms. The van der Waals surface area contributed by atoms with Gasteiger partial charge in [0.15, 0.2) is 5.82 Å². The van der Waals surface area contributed by atoms with Gasteiger partial charge in [0.2, 0.25) is 0 Å². The second kappa shape index (κ2) is 4.94. The largest absolute Gasteiger partial charge is 0.496 e. The summed E-state index contributed by atoms with van der Waals surface area (Å²) in [7, 11) is 1.64. The molecule has 20 heavy (non-hydrogen) atoms. The molecule has 0 spiro atoms. The molecule has 1 aromatic carbocycles. The summed E-state index contributed by atoms with van der Waals surface area (Å²) < 4.78 is 5.37. The molecule has 0 unspecified atom stereocenters. The fourth-order valence-electron chi connectivity index (χ4n) is 2.40. The third kappa shape index (κ3) is 1.92. The first kappa shape index (κ1) is 12.6. The van der Waals surface area contributed by atoms with Gasteiger partial charge >= 0.3 is 0 Å². The zero-order valence-corrected chi connectivity index (χ0v) is 11.5. The van der Waals surface area contributed by atoms with Gasteiger partial charge in [-0.15, -0.1) is 0 Å². The number of hydrogen-bond donors (Lipinski definition) is 2. The lowest BCUT2D eigenvalue weighted by Crippen LogP contribution is -1.99. The van der Waals surface area contributed by atoms with Crippen LogP contribution in [0.15, 0.2) is 30.5 Å². The fraction of sp³-hybridized carbons (Fsp3) is 0.200. The molecule has 0 amide bonds. The fourth-order valence-corrected chi connectivity index (χ4v) is 2.40. The highest BCUT2D eigenvalue weighted by Crippen LogP contribution is 2.29. The summed E-state index contributed by atoms with van der Waals surface area (Å²) in [5.41, 5.74) is 9.36. The first-order chi connectivity index (χ1) is 9.74. The van der Waals surface area contributed by atoms with Gasteiger partial charge in [-0.2, -0.15) is 0 Å². The van der Waals surface area contributed by atoms with Crippen molar-refractivity contribution in [3.8, 4) is 17.1 Å². The molecule has 0 fully saturated rings. The van der Waals surface area contributed by atoms with Crippen molar-refractivity contribution in [3.63, 3.8) is 0 Å². The minimum atomic E-state index is 0.470. The molecule has 0 aliphatic heterocycles. The van der Waals surface area contributed by atoms with Gasteiger partial charge in [0.25, 0.3) is 0 Å². The molecule has 0 aliphatic carbocycles. The van der Waals surface area contributed by atoms with E-state index in [1.165, 1.54) is 0 Å². The molecular weight excluding hydrogens is 252 g/mol. The lowest BCUT2D eigenvalue weighted by molar-refractivity contribution is 0.416. The van der Waals surface area contributed by atoms with Gasteiger partial charge in [-0.25, -0.2) is 9.97 Å². The van der Waals surface area contributed by atoms with Crippen LogP contribution in [0, 0.1) is 6.92 Å². The van der Waals surface area contributed by atoms with E-state index in [9.17, 15) is 0 Å². The van der Waals surface area contributed by atoms with E-state index in [4.69, 9.17) is 10.5 Å². The molecule has 0 bridgehead atoms. The molecule has 3 aromatic rings. The van der Waals surface area contributed by atoms with Gasteiger partial charge in [-0.05, 0) is 24.6 Å². The van der Waals surface area contributed by atoms with Gasteiger partial charge < -0.3 is 15.5 Å². The van der Waals surface area contributed by atoms with Crippen molar-refractivity contribution < 1.29 is 4.74 Å². The van der Waals surface area contributed by atoms with E-state index in [2.05, 4.69) is 15.0 Å². The molecule has 0 saturated heterocycles. The molecular formula is C15H16N4O. The highest BCUT2D eigenvalue weighted by molar-refractivity contribution is 5.84. The predicted molar refractivity (Wildman–Crippen MR) is 78.5 cm³/mol. The van der Waals surface area contributed by atoms with E-state index in [1.807, 2.05) is 37.4 Å². The summed E-state index contributed by atoms with van der Waals surface area (Å²) in [6.45, 7) is 2.44. The second-order valence-electron chi connectivity index (χ2n) is 4.57. The van der Waals surface area contributed by atoms with Crippen molar-refractivity contribution in [1.82, 2.24) is 15.0 Å². The zero-order chi connectivity index (χ0) is 14.1. The number of nitrogens with two attached hydrogens (primary N) is 1. The van der Waals surface area contributed by atoms with Crippen LogP contribution in [-0.4, -0.2) is 22.1 Å². The third-order valence-corrected chi connectivity index (χ3v) is 3.36. The van der Waals surface area contributed by atoms with E-state index < -0.39 is 0 Å². The summed E-state index contributed by atoms with van der Waals surface area (Å²) in [6.07, 6.45) is 1.89. The minimum absolute atomic E-state index is 0.470. The number of nitrogens with zero attached hydrogens (tertiary/aromatic N) is 2. The van der Waals surface area contributed by atoms with Crippen LogP contribution in [0.4, 0.5) is 0 Å². The van der Waals surface area contributed by atoms with E-state index >= 15 is 0 Å². The Kier molecular flexibility index (Phi) is 3.12. The van der Waals surface area contributed by atoms with E-state index in [1.54, 1.807) is 7.11 Å². The Morgan fingerprint density at radius 3 is 2.80 bits per heavy atom. The lowest BCUT2D eigenvalue weighted by Gasteiger charge is -2.08. The number of hydrogen-bond acceptors (Lipinski definition) is 4. The SMILES string of the molecule is COc1ccccc1-c1nc(C)c2c(CN)c[nH]c2n1. The molecule has 3 rings (SSSR count). The van der Waals surface area contributed by atoms with Crippen LogP contribution in [0.25, 0.3) is 22.4 Å². The number of fused-ring (bicyclic) bond motifs is 1. The van der Waals surface area contributed by atoms with Crippen LogP contribution in [0.2, 0.25) is 0 Å². The Morgan fingerprint density at radius 1 is 1.25 bits per heavy atom. The third-order valence-electron chi connectivity index (χ3n) is 3.36. The summed E-state index contributed by atoms with van der Waals surface area (Å²) in [5.74, 6) is 1.41. The Balaban J connectivity index is 2.23. The Hall–Kier alpha value is -2.40. The summed E-state index contributed by atoms with van der Waals surface area (Å²) >= 11 is 0. The van der Waals surface area contributed by atoms with Gasteiger partial charge in [-0.3, -0.25) is 0 Å². The van der Waals surface area contributed by atoms with E-state index in [0.29, 0.717) is 12.4 Å². The molecule has 3 N–H and O–H groups in total. The molecule has 0 atom stereocenters. The lowest BCUT2D eigenvalue weighted by atomic mass is 10.1. The number of methoxy groups -OCH3 is 1. The standard InChI is InChI=1S/C15H16N4O/c1-9-13-10(7-16)8-17-15(13)19-14(18-9)11-5-3-4-6-12(11)20-2/h3-6,8H,7,16H2,1-2H3,(H,17,18,19). The number of aromatic amines is 1. The quantitative estimate of drug-likeness (QED) is 0.764. The Bertz CT molecular complexity index is 764. The monoisotopic (exact) mass is 268 g/mol. The van der Waals surface area contributed by atoms with Crippen LogP contribution in [0.3, 0.4) is 0 Å². The van der Waals surface area contributed by atoms with E-state index in [0.717, 1.165) is 33.6 Å². The molecule has 0 aliphatic rings. The average molecular weight is 268 g/mol. The Labute approximate surface area is 116 Å². The van der Waals surface area contributed by atoms with Crippen LogP contribution >= 0.6 is 0 Å². The van der Waals surface area contributed by atoms with Gasteiger partial charge in [0.1, 0.15) is 11.4 Å². The van der Waals surface area contributed by atoms with Crippen molar-refractivity contribution in [2.24, 2.45) is 5.73 Å². The van der Waals surface area contributed by atoms with Crippen molar-refractivity contribution in [1.29, 1.82) is 0 Å². The normalized spacial score (nSPS) is 10.9. The summed E-state index contributed by atoms with van der Waals surface area (Å²) in [4.78, 5) is 12.3. The van der Waals surface area contributed by atoms with E-state index in [-0.39, 0.29) is 0 Å². The first-order valence-corrected chi connectivity index (χ1v) is 6.42. The van der Waals surface area contributed by atoms with Crippen molar-refractivity contribution in [2.45, 2.75) is 13.5 Å². The maximum absolute atomic E-state index is 5.73. The van der Waals surface area contributed by atoms with Gasteiger partial charge in [-0.1, -0.05) is 12.1 Å². The molecule has 5 nitrogen and oxygen atoms in total. The maximum Gasteiger partial charge on any atom is 0.165 e. The number of aryl methyl sites for hydroxylation is 1. The van der Waals surface area contributed by atoms with Crippen molar-refractivity contribution in [2.75, 3.05) is 7.11 Å². The highest BCUT2D eigenvalue weighted by Gasteiger charge is 2.13. The number of rotatable bonds is 3. The number of nitrogens with one attached hydrogen (secondary N) is 1. The average Bonchev–Trinajstić information content (AvgIpc) is 2.90. The topological polar surface area (TPSA) is 76.8 Å². The summed E-state index contributed by atoms with van der Waals surface area (Å²) in [5, 5.41) is 1.01.